The van der Waals surface area contributed by atoms with Gasteiger partial charge in [-0.25, -0.2) is 0 Å². The van der Waals surface area contributed by atoms with Gasteiger partial charge in [-0.1, -0.05) is 36.4 Å². The summed E-state index contributed by atoms with van der Waals surface area (Å²) >= 11 is 2.69. The van der Waals surface area contributed by atoms with E-state index in [0.717, 1.165) is 17.8 Å². The third-order valence-corrected chi connectivity index (χ3v) is 4.45. The van der Waals surface area contributed by atoms with Crippen molar-refractivity contribution in [1.29, 1.82) is 0 Å². The molecule has 2 saturated carbocycles. The van der Waals surface area contributed by atoms with Crippen LogP contribution in [0.3, 0.4) is 0 Å². The number of halogens is 1. The van der Waals surface area contributed by atoms with Crippen LogP contribution in [-0.2, 0) is 0 Å². The number of rotatable bonds is 0. The van der Waals surface area contributed by atoms with Gasteiger partial charge in [0.25, 0.3) is 0 Å². The average molecular weight is 278 g/mol. The van der Waals surface area contributed by atoms with Crippen molar-refractivity contribution in [2.24, 2.45) is 17.8 Å². The largest absolute Gasteiger partial charge is 0.0792 e. The second kappa shape index (κ2) is 3.14. The van der Waals surface area contributed by atoms with Crippen molar-refractivity contribution >= 4 is 22.6 Å². The summed E-state index contributed by atoms with van der Waals surface area (Å²) in [7, 11) is 0. The maximum Gasteiger partial charge on any atom is 0.0199 e. The van der Waals surface area contributed by atoms with E-state index >= 15 is 0 Å². The molecule has 0 amide bonds. The van der Waals surface area contributed by atoms with Crippen LogP contribution < -0.4 is 0 Å². The lowest BCUT2D eigenvalue weighted by molar-refractivity contribution is 0.130. The smallest absolute Gasteiger partial charge is 0.0199 e. The highest BCUT2D eigenvalue weighted by Gasteiger charge is 2.39. The van der Waals surface area contributed by atoms with Crippen LogP contribution in [0.2, 0.25) is 0 Å². The normalized spacial score (nSPS) is 53.8. The van der Waals surface area contributed by atoms with Crippen LogP contribution in [-0.4, -0.2) is 3.42 Å². The molecule has 0 radical (unpaired) electrons. The summed E-state index contributed by atoms with van der Waals surface area (Å²) in [6.45, 7) is 4.89. The Hall–Kier alpha value is 0.730. The summed E-state index contributed by atoms with van der Waals surface area (Å²) in [5.74, 6) is 3.14. The first kappa shape index (κ1) is 9.29. The van der Waals surface area contributed by atoms with Crippen molar-refractivity contribution < 1.29 is 0 Å². The number of alkyl halides is 1. The van der Waals surface area contributed by atoms with Crippen molar-refractivity contribution in [3.63, 3.8) is 0 Å². The lowest BCUT2D eigenvalue weighted by Crippen LogP contribution is -2.36. The van der Waals surface area contributed by atoms with Crippen molar-refractivity contribution in [2.45, 2.75) is 49.4 Å². The van der Waals surface area contributed by atoms with E-state index in [0.29, 0.717) is 3.42 Å². The molecule has 0 aromatic rings. The molecule has 2 aliphatic carbocycles. The molecule has 2 unspecified atom stereocenters. The second-order valence-corrected chi connectivity index (χ2v) is 7.97. The van der Waals surface area contributed by atoms with Crippen LogP contribution in [0.15, 0.2) is 0 Å². The summed E-state index contributed by atoms with van der Waals surface area (Å²) in [5, 5.41) is 0. The second-order valence-electron chi connectivity index (χ2n) is 5.37. The fourth-order valence-electron chi connectivity index (χ4n) is 3.52. The van der Waals surface area contributed by atoms with Crippen molar-refractivity contribution in [1.82, 2.24) is 0 Å². The fourth-order valence-corrected chi connectivity index (χ4v) is 4.76. The van der Waals surface area contributed by atoms with Crippen molar-refractivity contribution in [2.75, 3.05) is 0 Å². The minimum atomic E-state index is 0.630. The van der Waals surface area contributed by atoms with Crippen LogP contribution in [0, 0.1) is 17.8 Å². The summed E-state index contributed by atoms with van der Waals surface area (Å²) in [6, 6.07) is 0. The lowest BCUT2D eigenvalue weighted by Gasteiger charge is -2.44. The molecule has 0 nitrogen and oxygen atoms in total. The number of hydrogen-bond acceptors (Lipinski definition) is 0. The topological polar surface area (TPSA) is 0 Å². The van der Waals surface area contributed by atoms with Crippen LogP contribution in [0.25, 0.3) is 0 Å². The monoisotopic (exact) mass is 278 g/mol. The number of hydrogen-bond donors (Lipinski definition) is 0. The van der Waals surface area contributed by atoms with Gasteiger partial charge in [0.2, 0.25) is 0 Å². The van der Waals surface area contributed by atoms with Gasteiger partial charge < -0.3 is 0 Å². The third kappa shape index (κ3) is 1.97. The highest BCUT2D eigenvalue weighted by Crippen LogP contribution is 2.49. The molecule has 0 heterocycles. The van der Waals surface area contributed by atoms with Crippen molar-refractivity contribution in [3.8, 4) is 0 Å². The fraction of sp³-hybridized carbons (Fsp3) is 1.00. The van der Waals surface area contributed by atoms with Gasteiger partial charge >= 0.3 is 0 Å². The minimum absolute atomic E-state index is 0.630. The molecule has 1 heteroatoms. The molecule has 0 spiro atoms. The molecule has 2 aliphatic rings. The average Bonchev–Trinajstić information content (AvgIpc) is 1.78. The lowest BCUT2D eigenvalue weighted by atomic mass is 9.65. The standard InChI is InChI=1S/C11H19I/c1-8-3-9-5-10(4-8)7-11(2,12)6-9/h8-10H,3-7H2,1-2H3. The molecule has 2 atom stereocenters. The highest BCUT2D eigenvalue weighted by atomic mass is 127. The van der Waals surface area contributed by atoms with Gasteiger partial charge in [0.15, 0.2) is 0 Å². The van der Waals surface area contributed by atoms with Crippen molar-refractivity contribution in [3.05, 3.63) is 0 Å². The maximum atomic E-state index is 2.69. The van der Waals surface area contributed by atoms with Gasteiger partial charge in [-0.05, 0) is 49.9 Å². The predicted octanol–water partition coefficient (Wildman–Crippen LogP) is 4.03. The SMILES string of the molecule is CC1CC2CC(C1)CC(C)(I)C2. The third-order valence-electron chi connectivity index (χ3n) is 3.57. The van der Waals surface area contributed by atoms with Crippen LogP contribution >= 0.6 is 22.6 Å². The van der Waals surface area contributed by atoms with Crippen LogP contribution in [0.1, 0.15) is 46.0 Å². The van der Waals surface area contributed by atoms with Crippen LogP contribution in [0.5, 0.6) is 0 Å². The first-order valence-electron chi connectivity index (χ1n) is 5.24. The molecule has 2 rings (SSSR count). The summed E-state index contributed by atoms with van der Waals surface area (Å²) in [4.78, 5) is 0. The molecule has 0 aromatic carbocycles. The van der Waals surface area contributed by atoms with Crippen LogP contribution in [0.4, 0.5) is 0 Å². The van der Waals surface area contributed by atoms with Gasteiger partial charge in [-0.2, -0.15) is 0 Å². The van der Waals surface area contributed by atoms with E-state index in [9.17, 15) is 0 Å². The zero-order valence-corrected chi connectivity index (χ0v) is 10.3. The van der Waals surface area contributed by atoms with Gasteiger partial charge in [-0.3, -0.25) is 0 Å². The van der Waals surface area contributed by atoms with E-state index < -0.39 is 0 Å². The van der Waals surface area contributed by atoms with E-state index in [1.165, 1.54) is 25.7 Å². The molecule has 70 valence electrons. The molecule has 2 fully saturated rings. The van der Waals surface area contributed by atoms with Gasteiger partial charge in [-0.15, -0.1) is 0 Å². The van der Waals surface area contributed by atoms with Gasteiger partial charge in [0.05, 0.1) is 0 Å². The van der Waals surface area contributed by atoms with E-state index in [1.807, 2.05) is 0 Å². The Labute approximate surface area is 89.6 Å². The van der Waals surface area contributed by atoms with E-state index in [4.69, 9.17) is 0 Å². The Balaban J connectivity index is 2.06. The summed E-state index contributed by atoms with van der Waals surface area (Å²) in [6.07, 6.45) is 7.52. The minimum Gasteiger partial charge on any atom is -0.0792 e. The quantitative estimate of drug-likeness (QED) is 0.463. The van der Waals surface area contributed by atoms with Gasteiger partial charge in [0.1, 0.15) is 0 Å². The highest BCUT2D eigenvalue weighted by molar-refractivity contribution is 14.1. The Morgan fingerprint density at radius 2 is 1.58 bits per heavy atom. The first-order chi connectivity index (χ1) is 5.55. The zero-order chi connectivity index (χ0) is 8.77. The molecule has 0 saturated heterocycles. The van der Waals surface area contributed by atoms with E-state index in [-0.39, 0.29) is 0 Å². The predicted molar refractivity (Wildman–Crippen MR) is 61.7 cm³/mol. The Morgan fingerprint density at radius 3 is 2.08 bits per heavy atom. The Bertz CT molecular complexity index is 154. The maximum absolute atomic E-state index is 2.69. The zero-order valence-electron chi connectivity index (χ0n) is 8.15. The van der Waals surface area contributed by atoms with E-state index in [2.05, 4.69) is 36.4 Å². The molecule has 0 N–H and O–H groups in total. The molecule has 0 aromatic heterocycles. The summed E-state index contributed by atoms with van der Waals surface area (Å²) < 4.78 is 0.630. The Morgan fingerprint density at radius 1 is 1.08 bits per heavy atom. The van der Waals surface area contributed by atoms with Gasteiger partial charge in [0, 0.05) is 3.42 Å². The Kier molecular flexibility index (Phi) is 2.43. The molecule has 12 heavy (non-hydrogen) atoms. The molecule has 0 aliphatic heterocycles. The number of fused-ring (bicyclic) bond motifs is 2. The molecular formula is C11H19I. The van der Waals surface area contributed by atoms with E-state index in [1.54, 1.807) is 6.42 Å². The first-order valence-corrected chi connectivity index (χ1v) is 6.32. The molecular weight excluding hydrogens is 259 g/mol. The summed E-state index contributed by atoms with van der Waals surface area (Å²) in [5.41, 5.74) is 0. The molecule has 2 bridgehead atoms.